The second kappa shape index (κ2) is 6.15. The summed E-state index contributed by atoms with van der Waals surface area (Å²) < 4.78 is 5.54. The first-order chi connectivity index (χ1) is 9.74. The summed E-state index contributed by atoms with van der Waals surface area (Å²) >= 11 is 0. The highest BCUT2D eigenvalue weighted by molar-refractivity contribution is 5.39. The van der Waals surface area contributed by atoms with Gasteiger partial charge in [0.05, 0.1) is 12.7 Å². The summed E-state index contributed by atoms with van der Waals surface area (Å²) in [5.41, 5.74) is 2.73. The molecule has 2 atom stereocenters. The van der Waals surface area contributed by atoms with Crippen molar-refractivity contribution in [3.63, 3.8) is 0 Å². The predicted molar refractivity (Wildman–Crippen MR) is 80.2 cm³/mol. The zero-order valence-electron chi connectivity index (χ0n) is 12.3. The molecule has 0 aromatic heterocycles. The Morgan fingerprint density at radius 3 is 3.00 bits per heavy atom. The molecule has 0 spiro atoms. The van der Waals surface area contributed by atoms with E-state index in [1.54, 1.807) is 0 Å². The number of hydrogen-bond donors (Lipinski definition) is 1. The summed E-state index contributed by atoms with van der Waals surface area (Å²) in [6, 6.07) is 6.91. The van der Waals surface area contributed by atoms with Gasteiger partial charge >= 0.3 is 0 Å². The van der Waals surface area contributed by atoms with Crippen molar-refractivity contribution in [2.75, 3.05) is 20.2 Å². The Morgan fingerprint density at radius 1 is 1.30 bits per heavy atom. The number of fused-ring (bicyclic) bond motifs is 1. The molecule has 3 nitrogen and oxygen atoms in total. The summed E-state index contributed by atoms with van der Waals surface area (Å²) in [5.74, 6) is 1.06. The van der Waals surface area contributed by atoms with Gasteiger partial charge in [-0.15, -0.1) is 0 Å². The van der Waals surface area contributed by atoms with Crippen LogP contribution in [0.5, 0.6) is 5.75 Å². The molecule has 1 aromatic carbocycles. The van der Waals surface area contributed by atoms with Crippen LogP contribution < -0.4 is 4.74 Å². The minimum Gasteiger partial charge on any atom is -0.493 e. The molecule has 0 amide bonds. The van der Waals surface area contributed by atoms with Gasteiger partial charge in [-0.05, 0) is 43.5 Å². The van der Waals surface area contributed by atoms with Crippen LogP contribution in [0.2, 0.25) is 0 Å². The molecule has 2 unspecified atom stereocenters. The van der Waals surface area contributed by atoms with E-state index in [1.165, 1.54) is 24.0 Å². The molecule has 1 aliphatic carbocycles. The van der Waals surface area contributed by atoms with Crippen LogP contribution in [0, 0.1) is 0 Å². The van der Waals surface area contributed by atoms with Gasteiger partial charge in [0.2, 0.25) is 0 Å². The van der Waals surface area contributed by atoms with E-state index in [1.807, 2.05) is 0 Å². The topological polar surface area (TPSA) is 32.7 Å². The van der Waals surface area contributed by atoms with Crippen LogP contribution in [0.4, 0.5) is 0 Å². The molecule has 0 bridgehead atoms. The quantitative estimate of drug-likeness (QED) is 0.916. The standard InChI is InChI=1S/C17H25NO2/c1-18(15-4-2-3-5-16(15)19)10-8-13-6-7-17-14(12-13)9-11-20-17/h6-7,12,15-16,19H,2-5,8-11H2,1H3. The fourth-order valence-electron chi connectivity index (χ4n) is 3.47. The largest absolute Gasteiger partial charge is 0.493 e. The molecule has 1 heterocycles. The second-order valence-electron chi connectivity index (χ2n) is 6.19. The third-order valence-electron chi connectivity index (χ3n) is 4.77. The van der Waals surface area contributed by atoms with Gasteiger partial charge in [0, 0.05) is 19.0 Å². The number of hydrogen-bond acceptors (Lipinski definition) is 3. The molecule has 1 aliphatic heterocycles. The van der Waals surface area contributed by atoms with E-state index in [0.717, 1.165) is 44.6 Å². The molecular formula is C17H25NO2. The fourth-order valence-corrected chi connectivity index (χ4v) is 3.47. The molecule has 1 aromatic rings. The maximum Gasteiger partial charge on any atom is 0.122 e. The SMILES string of the molecule is CN(CCc1ccc2c(c1)CCO2)C1CCCCC1O. The van der Waals surface area contributed by atoms with Crippen molar-refractivity contribution in [1.82, 2.24) is 4.90 Å². The van der Waals surface area contributed by atoms with Crippen LogP contribution in [-0.4, -0.2) is 42.4 Å². The normalized spacial score (nSPS) is 25.6. The summed E-state index contributed by atoms with van der Waals surface area (Å²) in [7, 11) is 2.15. The number of aliphatic hydroxyl groups is 1. The van der Waals surface area contributed by atoms with Gasteiger partial charge in [-0.2, -0.15) is 0 Å². The van der Waals surface area contributed by atoms with Crippen molar-refractivity contribution in [3.05, 3.63) is 29.3 Å². The first kappa shape index (κ1) is 13.9. The highest BCUT2D eigenvalue weighted by Gasteiger charge is 2.26. The van der Waals surface area contributed by atoms with Crippen molar-refractivity contribution >= 4 is 0 Å². The molecule has 20 heavy (non-hydrogen) atoms. The van der Waals surface area contributed by atoms with E-state index in [-0.39, 0.29) is 6.10 Å². The molecule has 1 fully saturated rings. The average Bonchev–Trinajstić information content (AvgIpc) is 2.92. The average molecular weight is 275 g/mol. The number of ether oxygens (including phenoxy) is 1. The number of nitrogens with zero attached hydrogens (tertiary/aromatic N) is 1. The van der Waals surface area contributed by atoms with E-state index in [2.05, 4.69) is 30.1 Å². The van der Waals surface area contributed by atoms with E-state index >= 15 is 0 Å². The van der Waals surface area contributed by atoms with Crippen LogP contribution in [0.1, 0.15) is 36.8 Å². The van der Waals surface area contributed by atoms with Gasteiger partial charge in [-0.25, -0.2) is 0 Å². The van der Waals surface area contributed by atoms with Crippen LogP contribution in [0.25, 0.3) is 0 Å². The van der Waals surface area contributed by atoms with Gasteiger partial charge in [-0.1, -0.05) is 25.0 Å². The molecule has 2 aliphatic rings. The van der Waals surface area contributed by atoms with E-state index in [9.17, 15) is 5.11 Å². The molecule has 3 rings (SSSR count). The first-order valence-corrected chi connectivity index (χ1v) is 7.87. The van der Waals surface area contributed by atoms with Crippen LogP contribution in [-0.2, 0) is 12.8 Å². The lowest BCUT2D eigenvalue weighted by Gasteiger charge is -2.35. The zero-order valence-corrected chi connectivity index (χ0v) is 12.3. The summed E-state index contributed by atoms with van der Waals surface area (Å²) in [5, 5.41) is 10.1. The Bertz CT molecular complexity index is 460. The van der Waals surface area contributed by atoms with E-state index in [4.69, 9.17) is 4.74 Å². The molecule has 1 saturated carbocycles. The highest BCUT2D eigenvalue weighted by Crippen LogP contribution is 2.26. The Morgan fingerprint density at radius 2 is 2.15 bits per heavy atom. The Labute approximate surface area is 121 Å². The zero-order chi connectivity index (χ0) is 13.9. The van der Waals surface area contributed by atoms with Crippen LogP contribution in [0.15, 0.2) is 18.2 Å². The van der Waals surface area contributed by atoms with Crippen molar-refractivity contribution < 1.29 is 9.84 Å². The maximum atomic E-state index is 10.1. The van der Waals surface area contributed by atoms with E-state index in [0.29, 0.717) is 6.04 Å². The Balaban J connectivity index is 1.56. The van der Waals surface area contributed by atoms with Crippen molar-refractivity contribution in [2.24, 2.45) is 0 Å². The van der Waals surface area contributed by atoms with Gasteiger partial charge in [-0.3, -0.25) is 0 Å². The first-order valence-electron chi connectivity index (χ1n) is 7.87. The maximum absolute atomic E-state index is 10.1. The van der Waals surface area contributed by atoms with E-state index < -0.39 is 0 Å². The van der Waals surface area contributed by atoms with Crippen molar-refractivity contribution in [2.45, 2.75) is 50.7 Å². The smallest absolute Gasteiger partial charge is 0.122 e. The number of benzene rings is 1. The Kier molecular flexibility index (Phi) is 4.27. The van der Waals surface area contributed by atoms with Gasteiger partial charge in [0.15, 0.2) is 0 Å². The Hall–Kier alpha value is -1.06. The molecule has 1 N–H and O–H groups in total. The number of rotatable bonds is 4. The van der Waals surface area contributed by atoms with Crippen LogP contribution in [0.3, 0.4) is 0 Å². The summed E-state index contributed by atoms with van der Waals surface area (Å²) in [6.45, 7) is 1.84. The van der Waals surface area contributed by atoms with Crippen molar-refractivity contribution in [1.29, 1.82) is 0 Å². The summed E-state index contributed by atoms with van der Waals surface area (Å²) in [4.78, 5) is 2.34. The molecule has 0 saturated heterocycles. The molecule has 0 radical (unpaired) electrons. The lowest BCUT2D eigenvalue weighted by molar-refractivity contribution is 0.0327. The third-order valence-corrected chi connectivity index (χ3v) is 4.77. The van der Waals surface area contributed by atoms with Gasteiger partial charge in [0.1, 0.15) is 5.75 Å². The van der Waals surface area contributed by atoms with Crippen molar-refractivity contribution in [3.8, 4) is 5.75 Å². The minimum atomic E-state index is -0.137. The molecule has 3 heteroatoms. The fraction of sp³-hybridized carbons (Fsp3) is 0.647. The monoisotopic (exact) mass is 275 g/mol. The molecular weight excluding hydrogens is 250 g/mol. The lowest BCUT2D eigenvalue weighted by atomic mass is 9.91. The van der Waals surface area contributed by atoms with Crippen LogP contribution >= 0.6 is 0 Å². The van der Waals surface area contributed by atoms with Gasteiger partial charge in [0.25, 0.3) is 0 Å². The minimum absolute atomic E-state index is 0.137. The highest BCUT2D eigenvalue weighted by atomic mass is 16.5. The third kappa shape index (κ3) is 2.99. The number of likely N-dealkylation sites (N-methyl/N-ethyl adjacent to an activating group) is 1. The second-order valence-corrected chi connectivity index (χ2v) is 6.19. The van der Waals surface area contributed by atoms with Gasteiger partial charge < -0.3 is 14.7 Å². The lowest BCUT2D eigenvalue weighted by Crippen LogP contribution is -2.44. The summed E-state index contributed by atoms with van der Waals surface area (Å²) in [6.07, 6.45) is 6.48. The number of aliphatic hydroxyl groups excluding tert-OH is 1. The molecule has 110 valence electrons. The predicted octanol–water partition coefficient (Wildman–Crippen LogP) is 2.40.